The van der Waals surface area contributed by atoms with E-state index in [0.717, 1.165) is 30.9 Å². The van der Waals surface area contributed by atoms with Crippen molar-refractivity contribution in [2.75, 3.05) is 25.0 Å². The number of ether oxygens (including phenoxy) is 1. The fourth-order valence-electron chi connectivity index (χ4n) is 2.33. The highest BCUT2D eigenvalue weighted by atomic mass is 35.5. The van der Waals surface area contributed by atoms with E-state index in [4.69, 9.17) is 16.3 Å². The Labute approximate surface area is 129 Å². The normalized spacial score (nSPS) is 15.9. The summed E-state index contributed by atoms with van der Waals surface area (Å²) in [5.74, 6) is 1.48. The number of aryl methyl sites for hydroxylation is 1. The minimum Gasteiger partial charge on any atom is -0.450 e. The van der Waals surface area contributed by atoms with Crippen LogP contribution in [0.4, 0.5) is 10.6 Å². The molecule has 0 atom stereocenters. The summed E-state index contributed by atoms with van der Waals surface area (Å²) in [5, 5.41) is 3.83. The second-order valence-corrected chi connectivity index (χ2v) is 5.34. The number of nitrogens with zero attached hydrogens (tertiary/aromatic N) is 3. The molecule has 1 fully saturated rings. The van der Waals surface area contributed by atoms with Crippen LogP contribution in [0.15, 0.2) is 6.07 Å². The Morgan fingerprint density at radius 3 is 2.76 bits per heavy atom. The maximum absolute atomic E-state index is 11.6. The van der Waals surface area contributed by atoms with E-state index in [1.54, 1.807) is 11.0 Å². The summed E-state index contributed by atoms with van der Waals surface area (Å²) in [6.45, 7) is 5.60. The van der Waals surface area contributed by atoms with Crippen molar-refractivity contribution in [3.8, 4) is 0 Å². The van der Waals surface area contributed by atoms with Gasteiger partial charge in [-0.3, -0.25) is 0 Å². The largest absolute Gasteiger partial charge is 0.450 e. The van der Waals surface area contributed by atoms with Gasteiger partial charge < -0.3 is 15.0 Å². The minimum atomic E-state index is -0.228. The third-order valence-electron chi connectivity index (χ3n) is 3.43. The first-order valence-electron chi connectivity index (χ1n) is 7.34. The molecule has 1 aliphatic heterocycles. The Balaban J connectivity index is 1.89. The van der Waals surface area contributed by atoms with E-state index in [0.29, 0.717) is 24.8 Å². The number of rotatable bonds is 4. The van der Waals surface area contributed by atoms with Gasteiger partial charge in [0.15, 0.2) is 0 Å². The van der Waals surface area contributed by atoms with E-state index in [1.165, 1.54) is 0 Å². The summed E-state index contributed by atoms with van der Waals surface area (Å²) < 4.78 is 5.01. The van der Waals surface area contributed by atoms with Crippen LogP contribution in [-0.2, 0) is 11.2 Å². The van der Waals surface area contributed by atoms with Crippen molar-refractivity contribution < 1.29 is 9.53 Å². The second kappa shape index (κ2) is 7.45. The first-order chi connectivity index (χ1) is 10.1. The molecule has 0 radical (unpaired) electrons. The van der Waals surface area contributed by atoms with Gasteiger partial charge in [0.2, 0.25) is 0 Å². The van der Waals surface area contributed by atoms with Gasteiger partial charge in [0, 0.05) is 31.6 Å². The smallest absolute Gasteiger partial charge is 0.409 e. The molecule has 21 heavy (non-hydrogen) atoms. The van der Waals surface area contributed by atoms with E-state index >= 15 is 0 Å². The molecule has 0 aromatic carbocycles. The molecule has 2 rings (SSSR count). The molecule has 116 valence electrons. The number of aromatic nitrogens is 2. The number of carbonyl (C=O) groups excluding carboxylic acids is 1. The van der Waals surface area contributed by atoms with Crippen molar-refractivity contribution in [1.29, 1.82) is 0 Å². The molecule has 1 aliphatic rings. The van der Waals surface area contributed by atoms with E-state index in [-0.39, 0.29) is 12.1 Å². The minimum absolute atomic E-state index is 0.228. The Hall–Kier alpha value is -1.56. The summed E-state index contributed by atoms with van der Waals surface area (Å²) >= 11 is 5.99. The predicted octanol–water partition coefficient (Wildman–Crippen LogP) is 2.73. The van der Waals surface area contributed by atoms with Gasteiger partial charge in [0.1, 0.15) is 16.8 Å². The molecule has 6 nitrogen and oxygen atoms in total. The third-order valence-corrected chi connectivity index (χ3v) is 3.62. The Bertz CT molecular complexity index is 490. The summed E-state index contributed by atoms with van der Waals surface area (Å²) in [6, 6.07) is 2.02. The number of anilines is 1. The first-order valence-corrected chi connectivity index (χ1v) is 7.71. The van der Waals surface area contributed by atoms with Gasteiger partial charge in [-0.1, -0.05) is 18.5 Å². The molecule has 1 amide bonds. The fraction of sp³-hybridized carbons (Fsp3) is 0.643. The van der Waals surface area contributed by atoms with E-state index in [9.17, 15) is 4.79 Å². The number of hydrogen-bond donors (Lipinski definition) is 1. The monoisotopic (exact) mass is 312 g/mol. The lowest BCUT2D eigenvalue weighted by Crippen LogP contribution is -2.42. The maximum atomic E-state index is 11.6. The van der Waals surface area contributed by atoms with Crippen LogP contribution in [0.5, 0.6) is 0 Å². The molecule has 0 saturated carbocycles. The van der Waals surface area contributed by atoms with E-state index in [2.05, 4.69) is 15.3 Å². The quantitative estimate of drug-likeness (QED) is 0.866. The average molecular weight is 313 g/mol. The average Bonchev–Trinajstić information content (AvgIpc) is 2.47. The van der Waals surface area contributed by atoms with Crippen molar-refractivity contribution in [3.05, 3.63) is 17.0 Å². The van der Waals surface area contributed by atoms with Crippen molar-refractivity contribution in [3.63, 3.8) is 0 Å². The van der Waals surface area contributed by atoms with Crippen molar-refractivity contribution >= 4 is 23.5 Å². The summed E-state index contributed by atoms with van der Waals surface area (Å²) in [7, 11) is 0. The molecular weight excluding hydrogens is 292 g/mol. The highest BCUT2D eigenvalue weighted by Gasteiger charge is 2.23. The number of hydrogen-bond acceptors (Lipinski definition) is 5. The molecule has 0 unspecified atom stereocenters. The van der Waals surface area contributed by atoms with E-state index < -0.39 is 0 Å². The van der Waals surface area contributed by atoms with Crippen molar-refractivity contribution in [2.24, 2.45) is 0 Å². The lowest BCUT2D eigenvalue weighted by Gasteiger charge is -2.31. The highest BCUT2D eigenvalue weighted by Crippen LogP contribution is 2.18. The van der Waals surface area contributed by atoms with Crippen molar-refractivity contribution in [1.82, 2.24) is 14.9 Å². The molecular formula is C14H21ClN4O2. The van der Waals surface area contributed by atoms with Gasteiger partial charge in [-0.2, -0.15) is 0 Å². The SMILES string of the molecule is CCOC(=O)N1CCC(Nc2cc(Cl)nc(CC)n2)CC1. The number of amides is 1. The Morgan fingerprint density at radius 2 is 2.14 bits per heavy atom. The van der Waals surface area contributed by atoms with Gasteiger partial charge >= 0.3 is 6.09 Å². The standard InChI is InChI=1S/C14H21ClN4O2/c1-3-12-17-11(15)9-13(18-12)16-10-5-7-19(8-6-10)14(20)21-4-2/h9-10H,3-8H2,1-2H3,(H,16,17,18). The number of piperidine rings is 1. The van der Waals surface area contributed by atoms with Crippen molar-refractivity contribution in [2.45, 2.75) is 39.2 Å². The third kappa shape index (κ3) is 4.46. The molecule has 1 aromatic rings. The number of carbonyl (C=O) groups is 1. The fourth-order valence-corrected chi connectivity index (χ4v) is 2.53. The van der Waals surface area contributed by atoms with Crippen LogP contribution in [-0.4, -0.2) is 46.7 Å². The first kappa shape index (κ1) is 15.8. The zero-order valence-corrected chi connectivity index (χ0v) is 13.2. The van der Waals surface area contributed by atoms with Gasteiger partial charge in [-0.05, 0) is 19.8 Å². The molecule has 7 heteroatoms. The molecule has 2 heterocycles. The summed E-state index contributed by atoms with van der Waals surface area (Å²) in [4.78, 5) is 21.9. The number of likely N-dealkylation sites (tertiary alicyclic amines) is 1. The Kier molecular flexibility index (Phi) is 5.61. The second-order valence-electron chi connectivity index (χ2n) is 4.95. The molecule has 0 aliphatic carbocycles. The zero-order chi connectivity index (χ0) is 15.2. The topological polar surface area (TPSA) is 67.3 Å². The van der Waals surface area contributed by atoms with Crippen LogP contribution in [0.1, 0.15) is 32.5 Å². The Morgan fingerprint density at radius 1 is 1.43 bits per heavy atom. The van der Waals surface area contributed by atoms with E-state index in [1.807, 2.05) is 13.8 Å². The van der Waals surface area contributed by atoms with Gasteiger partial charge in [-0.15, -0.1) is 0 Å². The van der Waals surface area contributed by atoms with Crippen LogP contribution in [0.2, 0.25) is 5.15 Å². The molecule has 1 saturated heterocycles. The van der Waals surface area contributed by atoms with Crippen LogP contribution in [0, 0.1) is 0 Å². The van der Waals surface area contributed by atoms with Crippen LogP contribution < -0.4 is 5.32 Å². The predicted molar refractivity (Wildman–Crippen MR) is 81.7 cm³/mol. The maximum Gasteiger partial charge on any atom is 0.409 e. The van der Waals surface area contributed by atoms with Crippen LogP contribution in [0.25, 0.3) is 0 Å². The van der Waals surface area contributed by atoms with Crippen LogP contribution >= 0.6 is 11.6 Å². The van der Waals surface area contributed by atoms with Gasteiger partial charge in [0.25, 0.3) is 0 Å². The molecule has 0 bridgehead atoms. The highest BCUT2D eigenvalue weighted by molar-refractivity contribution is 6.29. The summed E-state index contributed by atoms with van der Waals surface area (Å²) in [5.41, 5.74) is 0. The number of halogens is 1. The van der Waals surface area contributed by atoms with Gasteiger partial charge in [0.05, 0.1) is 6.61 Å². The molecule has 0 spiro atoms. The molecule has 1 aromatic heterocycles. The number of nitrogens with one attached hydrogen (secondary N) is 1. The van der Waals surface area contributed by atoms with Gasteiger partial charge in [-0.25, -0.2) is 14.8 Å². The molecule has 1 N–H and O–H groups in total. The van der Waals surface area contributed by atoms with Crippen LogP contribution in [0.3, 0.4) is 0 Å². The lowest BCUT2D eigenvalue weighted by molar-refractivity contribution is 0.0983. The zero-order valence-electron chi connectivity index (χ0n) is 12.4. The lowest BCUT2D eigenvalue weighted by atomic mass is 10.1. The summed E-state index contributed by atoms with van der Waals surface area (Å²) in [6.07, 6.45) is 2.25.